The van der Waals surface area contributed by atoms with Crippen LogP contribution < -0.4 is 0 Å². The molecule has 2 nitrogen and oxygen atoms in total. The summed E-state index contributed by atoms with van der Waals surface area (Å²) in [5.41, 5.74) is 3.07. The highest BCUT2D eigenvalue weighted by molar-refractivity contribution is 6.42. The molecule has 1 heterocycles. The van der Waals surface area contributed by atoms with E-state index in [1.807, 2.05) is 24.4 Å². The van der Waals surface area contributed by atoms with E-state index >= 15 is 0 Å². The zero-order chi connectivity index (χ0) is 14.5. The quantitative estimate of drug-likeness (QED) is 0.902. The smallest absolute Gasteiger partial charge is 0.0635 e. The van der Waals surface area contributed by atoms with Crippen molar-refractivity contribution < 1.29 is 5.11 Å². The van der Waals surface area contributed by atoms with Gasteiger partial charge in [-0.25, -0.2) is 0 Å². The van der Waals surface area contributed by atoms with Gasteiger partial charge in [0, 0.05) is 18.3 Å². The fourth-order valence-electron chi connectivity index (χ4n) is 2.04. The van der Waals surface area contributed by atoms with E-state index in [9.17, 15) is 5.11 Å². The molecule has 0 saturated heterocycles. The number of benzene rings is 1. The van der Waals surface area contributed by atoms with Gasteiger partial charge >= 0.3 is 0 Å². The largest absolute Gasteiger partial charge is 0.392 e. The van der Waals surface area contributed by atoms with Crippen LogP contribution in [0.3, 0.4) is 0 Å². The van der Waals surface area contributed by atoms with E-state index in [1.54, 1.807) is 12.1 Å². The van der Waals surface area contributed by atoms with E-state index in [1.165, 1.54) is 5.56 Å². The third-order valence-corrected chi connectivity index (χ3v) is 3.93. The number of aliphatic hydroxyl groups is 1. The number of pyridine rings is 1. The van der Waals surface area contributed by atoms with Gasteiger partial charge in [0.25, 0.3) is 0 Å². The molecule has 1 aromatic heterocycles. The Kier molecular flexibility index (Phi) is 5.41. The lowest BCUT2D eigenvalue weighted by Crippen LogP contribution is -2.14. The highest BCUT2D eigenvalue weighted by Crippen LogP contribution is 2.23. The van der Waals surface area contributed by atoms with Crippen molar-refractivity contribution >= 4 is 23.2 Å². The van der Waals surface area contributed by atoms with Crippen molar-refractivity contribution in [1.29, 1.82) is 0 Å². The average Bonchev–Trinajstić information content (AvgIpc) is 2.44. The normalized spacial score (nSPS) is 12.4. The Hall–Kier alpha value is -1.09. The molecule has 106 valence electrons. The van der Waals surface area contributed by atoms with E-state index in [0.717, 1.165) is 17.7 Å². The maximum atomic E-state index is 10.1. The Morgan fingerprint density at radius 2 is 1.80 bits per heavy atom. The van der Waals surface area contributed by atoms with Crippen LogP contribution in [0.5, 0.6) is 0 Å². The first-order valence-corrected chi connectivity index (χ1v) is 7.40. The molecule has 1 N–H and O–H groups in total. The fraction of sp³-hybridized carbons (Fsp3) is 0.312. The van der Waals surface area contributed by atoms with Gasteiger partial charge in [0.05, 0.1) is 16.1 Å². The minimum atomic E-state index is -0.479. The molecule has 0 spiro atoms. The standard InChI is InChI=1S/C16H17Cl2NO/c1-2-11-3-5-13(19-10-11)9-14(20)7-12-4-6-15(17)16(18)8-12/h3-6,8,10,14,20H,2,7,9H2,1H3. The maximum Gasteiger partial charge on any atom is 0.0635 e. The zero-order valence-corrected chi connectivity index (χ0v) is 12.8. The van der Waals surface area contributed by atoms with Gasteiger partial charge in [0.2, 0.25) is 0 Å². The third kappa shape index (κ3) is 4.20. The number of rotatable bonds is 5. The Balaban J connectivity index is 1.97. The third-order valence-electron chi connectivity index (χ3n) is 3.19. The lowest BCUT2D eigenvalue weighted by atomic mass is 10.0. The number of hydrogen-bond acceptors (Lipinski definition) is 2. The molecular formula is C16H17Cl2NO. The Morgan fingerprint density at radius 1 is 1.05 bits per heavy atom. The van der Waals surface area contributed by atoms with Crippen LogP contribution in [0.15, 0.2) is 36.5 Å². The molecule has 1 unspecified atom stereocenters. The predicted octanol–water partition coefficient (Wildman–Crippen LogP) is 4.10. The molecule has 1 aromatic carbocycles. The van der Waals surface area contributed by atoms with Crippen molar-refractivity contribution in [2.75, 3.05) is 0 Å². The lowest BCUT2D eigenvalue weighted by molar-refractivity contribution is 0.174. The van der Waals surface area contributed by atoms with Crippen LogP contribution in [0.4, 0.5) is 0 Å². The van der Waals surface area contributed by atoms with Crippen molar-refractivity contribution in [3.05, 3.63) is 63.4 Å². The second kappa shape index (κ2) is 7.07. The summed E-state index contributed by atoms with van der Waals surface area (Å²) in [6.45, 7) is 2.09. The van der Waals surface area contributed by atoms with Gasteiger partial charge in [0.1, 0.15) is 0 Å². The SMILES string of the molecule is CCc1ccc(CC(O)Cc2ccc(Cl)c(Cl)c2)nc1. The summed E-state index contributed by atoms with van der Waals surface area (Å²) < 4.78 is 0. The van der Waals surface area contributed by atoms with Crippen LogP contribution in [-0.4, -0.2) is 16.2 Å². The summed E-state index contributed by atoms with van der Waals surface area (Å²) in [4.78, 5) is 4.36. The van der Waals surface area contributed by atoms with E-state index in [-0.39, 0.29) is 0 Å². The summed E-state index contributed by atoms with van der Waals surface area (Å²) in [5.74, 6) is 0. The molecule has 2 aromatic rings. The van der Waals surface area contributed by atoms with Crippen LogP contribution in [0.1, 0.15) is 23.7 Å². The summed E-state index contributed by atoms with van der Waals surface area (Å²) >= 11 is 11.8. The van der Waals surface area contributed by atoms with Crippen LogP contribution >= 0.6 is 23.2 Å². The number of halogens is 2. The van der Waals surface area contributed by atoms with E-state index in [4.69, 9.17) is 23.2 Å². The first kappa shape index (κ1) is 15.3. The Bertz CT molecular complexity index is 569. The first-order valence-electron chi connectivity index (χ1n) is 6.64. The number of aliphatic hydroxyl groups excluding tert-OH is 1. The molecule has 4 heteroatoms. The van der Waals surface area contributed by atoms with Gasteiger partial charge in [-0.15, -0.1) is 0 Å². The summed E-state index contributed by atoms with van der Waals surface area (Å²) in [6, 6.07) is 9.44. The van der Waals surface area contributed by atoms with E-state index < -0.39 is 6.10 Å². The molecule has 1 atom stereocenters. The van der Waals surface area contributed by atoms with Gasteiger partial charge in [-0.1, -0.05) is 42.3 Å². The highest BCUT2D eigenvalue weighted by atomic mass is 35.5. The molecule has 0 saturated carbocycles. The number of hydrogen-bond donors (Lipinski definition) is 1. The van der Waals surface area contributed by atoms with Crippen molar-refractivity contribution in [1.82, 2.24) is 4.98 Å². The average molecular weight is 310 g/mol. The maximum absolute atomic E-state index is 10.1. The second-order valence-corrected chi connectivity index (χ2v) is 5.64. The Labute approximate surface area is 129 Å². The summed E-state index contributed by atoms with van der Waals surface area (Å²) in [5, 5.41) is 11.2. The molecule has 0 bridgehead atoms. The van der Waals surface area contributed by atoms with Gasteiger partial charge in [-0.2, -0.15) is 0 Å². The number of aryl methyl sites for hydroxylation is 1. The molecule has 0 aliphatic carbocycles. The minimum Gasteiger partial charge on any atom is -0.392 e. The fourth-order valence-corrected chi connectivity index (χ4v) is 2.36. The van der Waals surface area contributed by atoms with E-state index in [0.29, 0.717) is 22.9 Å². The van der Waals surface area contributed by atoms with E-state index in [2.05, 4.69) is 11.9 Å². The molecule has 20 heavy (non-hydrogen) atoms. The predicted molar refractivity (Wildman–Crippen MR) is 83.5 cm³/mol. The molecule has 0 aliphatic heterocycles. The second-order valence-electron chi connectivity index (χ2n) is 4.82. The van der Waals surface area contributed by atoms with Crippen molar-refractivity contribution in [2.24, 2.45) is 0 Å². The molecule has 0 amide bonds. The van der Waals surface area contributed by atoms with Gasteiger partial charge < -0.3 is 5.11 Å². The molecule has 0 aliphatic rings. The van der Waals surface area contributed by atoms with Crippen LogP contribution in [0.25, 0.3) is 0 Å². The van der Waals surface area contributed by atoms with Crippen LogP contribution in [-0.2, 0) is 19.3 Å². The van der Waals surface area contributed by atoms with Gasteiger partial charge in [0.15, 0.2) is 0 Å². The number of nitrogens with zero attached hydrogens (tertiary/aromatic N) is 1. The lowest BCUT2D eigenvalue weighted by Gasteiger charge is -2.11. The minimum absolute atomic E-state index is 0.479. The molecular weight excluding hydrogens is 293 g/mol. The topological polar surface area (TPSA) is 33.1 Å². The Morgan fingerprint density at radius 3 is 2.40 bits per heavy atom. The summed E-state index contributed by atoms with van der Waals surface area (Å²) in [7, 11) is 0. The van der Waals surface area contributed by atoms with Crippen molar-refractivity contribution in [3.8, 4) is 0 Å². The summed E-state index contributed by atoms with van der Waals surface area (Å²) in [6.07, 6.45) is 3.42. The molecule has 0 fully saturated rings. The number of aromatic nitrogens is 1. The van der Waals surface area contributed by atoms with Crippen LogP contribution in [0, 0.1) is 0 Å². The van der Waals surface area contributed by atoms with Gasteiger partial charge in [-0.05, 0) is 42.2 Å². The molecule has 2 rings (SSSR count). The zero-order valence-electron chi connectivity index (χ0n) is 11.3. The molecule has 0 radical (unpaired) electrons. The highest BCUT2D eigenvalue weighted by Gasteiger charge is 2.09. The van der Waals surface area contributed by atoms with Crippen molar-refractivity contribution in [2.45, 2.75) is 32.3 Å². The monoisotopic (exact) mass is 309 g/mol. The van der Waals surface area contributed by atoms with Gasteiger partial charge in [-0.3, -0.25) is 4.98 Å². The van der Waals surface area contributed by atoms with Crippen molar-refractivity contribution in [3.63, 3.8) is 0 Å². The first-order chi connectivity index (χ1) is 9.58. The van der Waals surface area contributed by atoms with Crippen LogP contribution in [0.2, 0.25) is 10.0 Å².